The van der Waals surface area contributed by atoms with Crippen LogP contribution in [0.25, 0.3) is 22.0 Å². The Morgan fingerprint density at radius 1 is 1.28 bits per heavy atom. The number of carbonyl (C=O) groups excluding carboxylic acids is 1. The standard InChI is InChI=1S/C25H31N3O4/c1-24(2,3)32-23(29)28-14-19(31-25(4,5)16-28)15-30-22-12-18(17-8-10-26-13-17)11-21-20(22)7-6-9-27-21/h6-13,19,26H,14-16H2,1-5H3/t19-/m0/s1. The summed E-state index contributed by atoms with van der Waals surface area (Å²) in [6, 6.07) is 9.98. The molecule has 2 aromatic heterocycles. The molecular formula is C25H31N3O4. The number of hydrogen-bond donors (Lipinski definition) is 1. The first-order valence-corrected chi connectivity index (χ1v) is 10.9. The second kappa shape index (κ2) is 8.47. The Balaban J connectivity index is 1.54. The number of nitrogens with zero attached hydrogens (tertiary/aromatic N) is 2. The molecule has 1 aliphatic heterocycles. The molecule has 1 aromatic carbocycles. The van der Waals surface area contributed by atoms with Crippen molar-refractivity contribution in [3.05, 3.63) is 48.9 Å². The quantitative estimate of drug-likeness (QED) is 0.620. The van der Waals surface area contributed by atoms with Crippen molar-refractivity contribution in [1.29, 1.82) is 0 Å². The Kier molecular flexibility index (Phi) is 5.86. The highest BCUT2D eigenvalue weighted by Crippen LogP contribution is 2.32. The molecule has 32 heavy (non-hydrogen) atoms. The number of pyridine rings is 1. The van der Waals surface area contributed by atoms with Gasteiger partial charge in [-0.1, -0.05) is 0 Å². The number of H-pyrrole nitrogens is 1. The van der Waals surface area contributed by atoms with E-state index in [0.29, 0.717) is 19.7 Å². The fraction of sp³-hybridized carbons (Fsp3) is 0.440. The predicted molar refractivity (Wildman–Crippen MR) is 124 cm³/mol. The zero-order valence-electron chi connectivity index (χ0n) is 19.3. The third-order valence-corrected chi connectivity index (χ3v) is 5.17. The van der Waals surface area contributed by atoms with Crippen molar-refractivity contribution in [2.75, 3.05) is 19.7 Å². The van der Waals surface area contributed by atoms with Crippen LogP contribution in [0, 0.1) is 0 Å². The van der Waals surface area contributed by atoms with E-state index in [1.54, 1.807) is 11.1 Å². The lowest BCUT2D eigenvalue weighted by Crippen LogP contribution is -2.56. The highest BCUT2D eigenvalue weighted by atomic mass is 16.6. The van der Waals surface area contributed by atoms with Crippen LogP contribution in [0.2, 0.25) is 0 Å². The van der Waals surface area contributed by atoms with Crippen LogP contribution in [-0.4, -0.2) is 58.0 Å². The molecule has 7 heteroatoms. The molecule has 1 saturated heterocycles. The molecule has 4 rings (SSSR count). The van der Waals surface area contributed by atoms with Crippen LogP contribution < -0.4 is 4.74 Å². The Morgan fingerprint density at radius 3 is 2.81 bits per heavy atom. The molecule has 0 unspecified atom stereocenters. The van der Waals surface area contributed by atoms with E-state index in [2.05, 4.69) is 16.0 Å². The van der Waals surface area contributed by atoms with Crippen LogP contribution in [0.5, 0.6) is 5.75 Å². The van der Waals surface area contributed by atoms with E-state index >= 15 is 0 Å². The molecule has 1 fully saturated rings. The minimum atomic E-state index is -0.546. The largest absolute Gasteiger partial charge is 0.490 e. The lowest BCUT2D eigenvalue weighted by Gasteiger charge is -2.42. The van der Waals surface area contributed by atoms with Gasteiger partial charge in [0.1, 0.15) is 24.1 Å². The maximum absolute atomic E-state index is 12.7. The molecule has 170 valence electrons. The zero-order chi connectivity index (χ0) is 22.9. The summed E-state index contributed by atoms with van der Waals surface area (Å²) in [7, 11) is 0. The Hall–Kier alpha value is -3.06. The van der Waals surface area contributed by atoms with E-state index < -0.39 is 11.2 Å². The SMILES string of the molecule is CC(C)(C)OC(=O)N1C[C@@H](COc2cc(-c3cc[nH]c3)cc3ncccc23)OC(C)(C)C1. The summed E-state index contributed by atoms with van der Waals surface area (Å²) < 4.78 is 18.1. The van der Waals surface area contributed by atoms with Gasteiger partial charge in [0.2, 0.25) is 0 Å². The highest BCUT2D eigenvalue weighted by molar-refractivity contribution is 5.89. The minimum absolute atomic E-state index is 0.283. The molecular weight excluding hydrogens is 406 g/mol. The first-order valence-electron chi connectivity index (χ1n) is 10.9. The van der Waals surface area contributed by atoms with Crippen molar-refractivity contribution in [1.82, 2.24) is 14.9 Å². The minimum Gasteiger partial charge on any atom is -0.490 e. The summed E-state index contributed by atoms with van der Waals surface area (Å²) in [5.74, 6) is 0.739. The number of aromatic nitrogens is 2. The fourth-order valence-electron chi connectivity index (χ4n) is 3.97. The molecule has 0 saturated carbocycles. The van der Waals surface area contributed by atoms with Crippen molar-refractivity contribution >= 4 is 17.0 Å². The maximum atomic E-state index is 12.7. The van der Waals surface area contributed by atoms with E-state index in [1.165, 1.54) is 0 Å². The van der Waals surface area contributed by atoms with Crippen molar-refractivity contribution in [2.24, 2.45) is 0 Å². The number of aromatic amines is 1. The molecule has 1 aliphatic rings. The molecule has 1 atom stereocenters. The molecule has 3 heterocycles. The first kappa shape index (κ1) is 22.1. The number of carbonyl (C=O) groups is 1. The van der Waals surface area contributed by atoms with Gasteiger partial charge in [-0.25, -0.2) is 4.79 Å². The topological polar surface area (TPSA) is 76.7 Å². The summed E-state index contributed by atoms with van der Waals surface area (Å²) >= 11 is 0. The van der Waals surface area contributed by atoms with E-state index in [0.717, 1.165) is 27.8 Å². The second-order valence-electron chi connectivity index (χ2n) is 9.82. The third-order valence-electron chi connectivity index (χ3n) is 5.17. The number of ether oxygens (including phenoxy) is 3. The van der Waals surface area contributed by atoms with Gasteiger partial charge in [0.05, 0.1) is 24.2 Å². The number of hydrogen-bond acceptors (Lipinski definition) is 5. The van der Waals surface area contributed by atoms with E-state index in [4.69, 9.17) is 14.2 Å². The number of benzene rings is 1. The van der Waals surface area contributed by atoms with Crippen LogP contribution in [0.4, 0.5) is 4.79 Å². The average Bonchev–Trinajstić information content (AvgIpc) is 3.24. The molecule has 3 aromatic rings. The van der Waals surface area contributed by atoms with Crippen LogP contribution in [0.3, 0.4) is 0 Å². The average molecular weight is 438 g/mol. The Labute approximate surface area is 188 Å². The molecule has 1 amide bonds. The van der Waals surface area contributed by atoms with E-state index in [9.17, 15) is 4.79 Å². The van der Waals surface area contributed by atoms with E-state index in [1.807, 2.05) is 71.3 Å². The van der Waals surface area contributed by atoms with Gasteiger partial charge < -0.3 is 24.1 Å². The van der Waals surface area contributed by atoms with Crippen molar-refractivity contribution in [3.8, 4) is 16.9 Å². The molecule has 0 bridgehead atoms. The zero-order valence-corrected chi connectivity index (χ0v) is 19.3. The van der Waals surface area contributed by atoms with Crippen LogP contribution in [-0.2, 0) is 9.47 Å². The van der Waals surface area contributed by atoms with Gasteiger partial charge in [-0.05, 0) is 76.1 Å². The number of fused-ring (bicyclic) bond motifs is 1. The van der Waals surface area contributed by atoms with Crippen LogP contribution >= 0.6 is 0 Å². The molecule has 0 radical (unpaired) electrons. The third kappa shape index (κ3) is 5.22. The predicted octanol–water partition coefficient (Wildman–Crippen LogP) is 5.02. The highest BCUT2D eigenvalue weighted by Gasteiger charge is 2.37. The number of rotatable bonds is 4. The summed E-state index contributed by atoms with van der Waals surface area (Å²) in [6.07, 6.45) is 5.00. The maximum Gasteiger partial charge on any atom is 0.410 e. The van der Waals surface area contributed by atoms with Gasteiger partial charge in [-0.15, -0.1) is 0 Å². The molecule has 0 aliphatic carbocycles. The lowest BCUT2D eigenvalue weighted by atomic mass is 10.0. The summed E-state index contributed by atoms with van der Waals surface area (Å²) in [4.78, 5) is 22.0. The van der Waals surface area contributed by atoms with Crippen molar-refractivity contribution in [2.45, 2.75) is 51.9 Å². The molecule has 1 N–H and O–H groups in total. The molecule has 0 spiro atoms. The lowest BCUT2D eigenvalue weighted by molar-refractivity contribution is -0.143. The first-order chi connectivity index (χ1) is 15.1. The Morgan fingerprint density at radius 2 is 2.09 bits per heavy atom. The van der Waals surface area contributed by atoms with Gasteiger partial charge in [0, 0.05) is 24.0 Å². The fourth-order valence-corrected chi connectivity index (χ4v) is 3.97. The Bertz CT molecular complexity index is 1090. The van der Waals surface area contributed by atoms with Crippen LogP contribution in [0.1, 0.15) is 34.6 Å². The molecule has 7 nitrogen and oxygen atoms in total. The number of morpholine rings is 1. The van der Waals surface area contributed by atoms with E-state index in [-0.39, 0.29) is 12.2 Å². The second-order valence-corrected chi connectivity index (χ2v) is 9.82. The van der Waals surface area contributed by atoms with Crippen molar-refractivity contribution < 1.29 is 19.0 Å². The summed E-state index contributed by atoms with van der Waals surface area (Å²) in [6.45, 7) is 10.7. The monoisotopic (exact) mass is 437 g/mol. The van der Waals surface area contributed by atoms with Crippen molar-refractivity contribution in [3.63, 3.8) is 0 Å². The van der Waals surface area contributed by atoms with Gasteiger partial charge in [0.25, 0.3) is 0 Å². The summed E-state index contributed by atoms with van der Waals surface area (Å²) in [5, 5.41) is 0.936. The van der Waals surface area contributed by atoms with Gasteiger partial charge in [-0.2, -0.15) is 0 Å². The van der Waals surface area contributed by atoms with Gasteiger partial charge >= 0.3 is 6.09 Å². The number of amides is 1. The van der Waals surface area contributed by atoms with Gasteiger partial charge in [0.15, 0.2) is 0 Å². The van der Waals surface area contributed by atoms with Crippen LogP contribution in [0.15, 0.2) is 48.9 Å². The number of nitrogens with one attached hydrogen (secondary N) is 1. The smallest absolute Gasteiger partial charge is 0.410 e. The van der Waals surface area contributed by atoms with Gasteiger partial charge in [-0.3, -0.25) is 4.98 Å². The summed E-state index contributed by atoms with van der Waals surface area (Å²) in [5.41, 5.74) is 1.90. The normalized spacial score (nSPS) is 18.5.